The summed E-state index contributed by atoms with van der Waals surface area (Å²) in [5.74, 6) is -0.177. The van der Waals surface area contributed by atoms with Gasteiger partial charge in [-0.15, -0.1) is 0 Å². The van der Waals surface area contributed by atoms with Crippen molar-refractivity contribution in [3.63, 3.8) is 0 Å². The molecular weight excluding hydrogens is 876 g/mol. The number of unbranched alkanes of at least 4 members (excludes halogenated alkanes) is 33. The summed E-state index contributed by atoms with van der Waals surface area (Å²) < 4.78 is 23.4. The lowest BCUT2D eigenvalue weighted by Crippen LogP contribution is -2.46. The first-order valence-corrected chi connectivity index (χ1v) is 30.9. The molecule has 1 amide bonds. The van der Waals surface area contributed by atoms with Gasteiger partial charge in [0, 0.05) is 6.42 Å². The normalized spacial score (nSPS) is 14.2. The zero-order valence-corrected chi connectivity index (χ0v) is 47.2. The molecule has 0 aliphatic carbocycles. The van der Waals surface area contributed by atoms with Crippen molar-refractivity contribution in [1.29, 1.82) is 0 Å². The molecule has 0 fully saturated rings. The summed E-state index contributed by atoms with van der Waals surface area (Å²) in [4.78, 5) is 25.5. The van der Waals surface area contributed by atoms with Gasteiger partial charge in [-0.1, -0.05) is 268 Å². The van der Waals surface area contributed by atoms with E-state index in [-0.39, 0.29) is 19.1 Å². The number of allylic oxidation sites excluding steroid dienone is 8. The van der Waals surface area contributed by atoms with Crippen molar-refractivity contribution < 1.29 is 32.9 Å². The van der Waals surface area contributed by atoms with E-state index in [1.54, 1.807) is 0 Å². The highest BCUT2D eigenvalue weighted by molar-refractivity contribution is 7.45. The van der Waals surface area contributed by atoms with Gasteiger partial charge in [0.15, 0.2) is 0 Å². The van der Waals surface area contributed by atoms with Crippen LogP contribution < -0.4 is 10.2 Å². The first-order chi connectivity index (χ1) is 33.5. The number of hydrogen-bond acceptors (Lipinski definition) is 6. The molecule has 0 aliphatic heterocycles. The summed E-state index contributed by atoms with van der Waals surface area (Å²) in [5.41, 5.74) is 0. The smallest absolute Gasteiger partial charge is 0.268 e. The molecule has 406 valence electrons. The van der Waals surface area contributed by atoms with E-state index in [9.17, 15) is 19.4 Å². The monoisotopic (exact) mass is 991 g/mol. The van der Waals surface area contributed by atoms with E-state index < -0.39 is 20.0 Å². The molecule has 3 unspecified atom stereocenters. The topological polar surface area (TPSA) is 108 Å². The SMILES string of the molecule is CC/C=C\C/C=C\C/C=C\C/C=C\CCCCCCCCC(=O)NC(COP(=O)([O-])OCC[N+](C)(C)C)C(O)CCCCCCCCCCCCCCCCCCCCCCCCCCCCCC. The average molecular weight is 992 g/mol. The fraction of sp³-hybridized carbons (Fsp3) is 0.850. The van der Waals surface area contributed by atoms with E-state index >= 15 is 0 Å². The van der Waals surface area contributed by atoms with Gasteiger partial charge < -0.3 is 28.8 Å². The number of aliphatic hydroxyl groups is 1. The van der Waals surface area contributed by atoms with Crippen LogP contribution in [0.1, 0.15) is 277 Å². The van der Waals surface area contributed by atoms with Gasteiger partial charge in [0.2, 0.25) is 5.91 Å². The second kappa shape index (κ2) is 51.4. The first kappa shape index (κ1) is 67.5. The van der Waals surface area contributed by atoms with E-state index in [0.29, 0.717) is 23.9 Å². The Morgan fingerprint density at radius 3 is 1.29 bits per heavy atom. The molecule has 2 N–H and O–H groups in total. The Morgan fingerprint density at radius 2 is 0.884 bits per heavy atom. The quantitative estimate of drug-likeness (QED) is 0.0272. The van der Waals surface area contributed by atoms with Crippen molar-refractivity contribution in [2.45, 2.75) is 289 Å². The molecule has 0 aliphatic rings. The van der Waals surface area contributed by atoms with Gasteiger partial charge >= 0.3 is 0 Å². The van der Waals surface area contributed by atoms with Crippen molar-refractivity contribution in [1.82, 2.24) is 5.32 Å². The maximum Gasteiger partial charge on any atom is 0.268 e. The lowest BCUT2D eigenvalue weighted by molar-refractivity contribution is -0.870. The van der Waals surface area contributed by atoms with Gasteiger partial charge in [-0.25, -0.2) is 0 Å². The minimum absolute atomic E-state index is 0.00786. The Bertz CT molecular complexity index is 1260. The number of amides is 1. The Morgan fingerprint density at radius 1 is 0.522 bits per heavy atom. The van der Waals surface area contributed by atoms with Crippen LogP contribution in [-0.2, 0) is 18.4 Å². The van der Waals surface area contributed by atoms with Crippen LogP contribution in [0.3, 0.4) is 0 Å². The van der Waals surface area contributed by atoms with Gasteiger partial charge in [0.05, 0.1) is 39.9 Å². The Balaban J connectivity index is 4.13. The zero-order chi connectivity index (χ0) is 50.6. The maximum absolute atomic E-state index is 13.0. The van der Waals surface area contributed by atoms with Crippen LogP contribution in [0.15, 0.2) is 48.6 Å². The Kier molecular flexibility index (Phi) is 50.2. The van der Waals surface area contributed by atoms with Crippen LogP contribution in [0.5, 0.6) is 0 Å². The highest BCUT2D eigenvalue weighted by atomic mass is 31.2. The molecule has 0 bridgehead atoms. The number of carbonyl (C=O) groups is 1. The molecule has 0 radical (unpaired) electrons. The minimum atomic E-state index is -4.58. The summed E-state index contributed by atoms with van der Waals surface area (Å²) in [6.07, 6.45) is 67.2. The minimum Gasteiger partial charge on any atom is -0.756 e. The highest BCUT2D eigenvalue weighted by Crippen LogP contribution is 2.38. The predicted octanol–water partition coefficient (Wildman–Crippen LogP) is 17.3. The van der Waals surface area contributed by atoms with E-state index in [2.05, 4.69) is 67.8 Å². The molecule has 9 heteroatoms. The molecular formula is C60H115N2O6P. The van der Waals surface area contributed by atoms with Crippen LogP contribution in [0.25, 0.3) is 0 Å². The van der Waals surface area contributed by atoms with Crippen LogP contribution >= 0.6 is 7.82 Å². The average Bonchev–Trinajstić information content (AvgIpc) is 3.31. The summed E-state index contributed by atoms with van der Waals surface area (Å²) in [6.45, 7) is 4.62. The Hall–Kier alpha value is -1.54. The molecule has 0 aromatic heterocycles. The van der Waals surface area contributed by atoms with E-state index in [1.165, 1.54) is 173 Å². The molecule has 0 spiro atoms. The summed E-state index contributed by atoms with van der Waals surface area (Å²) in [7, 11) is 1.30. The summed E-state index contributed by atoms with van der Waals surface area (Å²) in [5, 5.41) is 14.0. The van der Waals surface area contributed by atoms with Crippen LogP contribution in [0.2, 0.25) is 0 Å². The molecule has 8 nitrogen and oxygen atoms in total. The first-order valence-electron chi connectivity index (χ1n) is 29.5. The Labute approximate surface area is 429 Å². The third-order valence-electron chi connectivity index (χ3n) is 13.3. The number of likely N-dealkylation sites (N-methyl/N-ethyl adjacent to an activating group) is 1. The van der Waals surface area contributed by atoms with Gasteiger partial charge in [0.25, 0.3) is 7.82 Å². The van der Waals surface area contributed by atoms with Crippen LogP contribution in [-0.4, -0.2) is 68.5 Å². The summed E-state index contributed by atoms with van der Waals surface area (Å²) in [6, 6.07) is -0.811. The number of nitrogens with zero attached hydrogens (tertiary/aromatic N) is 1. The summed E-state index contributed by atoms with van der Waals surface area (Å²) >= 11 is 0. The second-order valence-electron chi connectivity index (χ2n) is 21.3. The van der Waals surface area contributed by atoms with E-state index in [0.717, 1.165) is 77.0 Å². The van der Waals surface area contributed by atoms with Gasteiger partial charge in [0.1, 0.15) is 13.2 Å². The number of quaternary nitrogens is 1. The standard InChI is InChI=1S/C60H115N2O6P/c1-6-8-10-12-14-16-18-20-22-24-26-27-28-29-30-31-32-33-34-36-37-39-41-43-45-47-49-51-53-59(63)58(57-68-69(65,66)67-56-55-62(3,4)5)61-60(64)54-52-50-48-46-44-42-40-38-35-25-23-21-19-17-15-13-11-9-7-2/h9,11,15,17,21,23,35,38,58-59,63H,6-8,10,12-14,16,18-20,22,24-34,36-37,39-57H2,1-5H3,(H-,61,64,65,66)/b11-9-,17-15-,23-21-,38-35-. The third kappa shape index (κ3) is 54.1. The lowest BCUT2D eigenvalue weighted by Gasteiger charge is -2.30. The van der Waals surface area contributed by atoms with Crippen molar-refractivity contribution in [3.8, 4) is 0 Å². The number of rotatable bonds is 54. The third-order valence-corrected chi connectivity index (χ3v) is 14.3. The van der Waals surface area contributed by atoms with Gasteiger partial charge in [-0.2, -0.15) is 0 Å². The number of carbonyl (C=O) groups excluding carboxylic acids is 1. The fourth-order valence-electron chi connectivity index (χ4n) is 8.74. The molecule has 3 atom stereocenters. The molecule has 0 rings (SSSR count). The number of phosphoric acid groups is 1. The van der Waals surface area contributed by atoms with Crippen LogP contribution in [0, 0.1) is 0 Å². The second-order valence-corrected chi connectivity index (χ2v) is 22.7. The van der Waals surface area contributed by atoms with Crippen molar-refractivity contribution in [3.05, 3.63) is 48.6 Å². The highest BCUT2D eigenvalue weighted by Gasteiger charge is 2.24. The van der Waals surface area contributed by atoms with Gasteiger partial charge in [-0.05, 0) is 51.4 Å². The molecule has 0 heterocycles. The molecule has 0 aromatic rings. The van der Waals surface area contributed by atoms with Crippen molar-refractivity contribution >= 4 is 13.7 Å². The molecule has 0 saturated heterocycles. The molecule has 69 heavy (non-hydrogen) atoms. The molecule has 0 aromatic carbocycles. The number of nitrogens with one attached hydrogen (secondary N) is 1. The number of aliphatic hydroxyl groups excluding tert-OH is 1. The van der Waals surface area contributed by atoms with Gasteiger partial charge in [-0.3, -0.25) is 9.36 Å². The van der Waals surface area contributed by atoms with Crippen LogP contribution in [0.4, 0.5) is 0 Å². The zero-order valence-electron chi connectivity index (χ0n) is 46.3. The maximum atomic E-state index is 13.0. The lowest BCUT2D eigenvalue weighted by atomic mass is 10.0. The van der Waals surface area contributed by atoms with Crippen molar-refractivity contribution in [2.24, 2.45) is 0 Å². The van der Waals surface area contributed by atoms with E-state index in [4.69, 9.17) is 9.05 Å². The fourth-order valence-corrected chi connectivity index (χ4v) is 9.46. The molecule has 0 saturated carbocycles. The predicted molar refractivity (Wildman–Crippen MR) is 298 cm³/mol. The number of hydrogen-bond donors (Lipinski definition) is 2. The number of phosphoric ester groups is 1. The van der Waals surface area contributed by atoms with E-state index in [1.807, 2.05) is 21.1 Å². The van der Waals surface area contributed by atoms with Crippen molar-refractivity contribution in [2.75, 3.05) is 40.9 Å². The largest absolute Gasteiger partial charge is 0.756 e.